The van der Waals surface area contributed by atoms with Crippen molar-refractivity contribution in [1.29, 1.82) is 0 Å². The van der Waals surface area contributed by atoms with E-state index in [0.29, 0.717) is 6.54 Å². The van der Waals surface area contributed by atoms with Crippen molar-refractivity contribution in [2.75, 3.05) is 6.54 Å². The maximum atomic E-state index is 11.9. The van der Waals surface area contributed by atoms with Gasteiger partial charge < -0.3 is 10.3 Å². The summed E-state index contributed by atoms with van der Waals surface area (Å²) in [4.78, 5) is 14.7. The smallest absolute Gasteiger partial charge is 0.311 e. The van der Waals surface area contributed by atoms with Crippen LogP contribution in [0.1, 0.15) is 5.56 Å². The van der Waals surface area contributed by atoms with Gasteiger partial charge in [-0.2, -0.15) is 0 Å². The van der Waals surface area contributed by atoms with E-state index in [2.05, 4.69) is 22.4 Å². The Morgan fingerprint density at radius 3 is 2.60 bits per heavy atom. The topological polar surface area (TPSA) is 49.8 Å². The molecule has 3 rings (SSSR count). The molecule has 0 aliphatic heterocycles. The van der Waals surface area contributed by atoms with Crippen LogP contribution in [0.5, 0.6) is 0 Å². The molecule has 0 spiro atoms. The van der Waals surface area contributed by atoms with E-state index in [1.54, 1.807) is 4.57 Å². The molecular weight excluding hydrogens is 250 g/mol. The lowest BCUT2D eigenvalue weighted by Gasteiger charge is -2.06. The van der Waals surface area contributed by atoms with Gasteiger partial charge in [0.05, 0.1) is 11.0 Å². The predicted octanol–water partition coefficient (Wildman–Crippen LogP) is 2.12. The second-order valence-electron chi connectivity index (χ2n) is 4.76. The average Bonchev–Trinajstić information content (AvgIpc) is 2.80. The first-order valence-electron chi connectivity index (χ1n) is 6.77. The highest BCUT2D eigenvalue weighted by Crippen LogP contribution is 2.08. The fourth-order valence-corrected chi connectivity index (χ4v) is 2.35. The molecule has 0 amide bonds. The van der Waals surface area contributed by atoms with Gasteiger partial charge in [-0.15, -0.1) is 0 Å². The van der Waals surface area contributed by atoms with Gasteiger partial charge in [-0.1, -0.05) is 42.5 Å². The van der Waals surface area contributed by atoms with Gasteiger partial charge in [0.15, 0.2) is 0 Å². The third-order valence-electron chi connectivity index (χ3n) is 3.37. The molecule has 3 aromatic rings. The maximum Gasteiger partial charge on any atom is 0.326 e. The van der Waals surface area contributed by atoms with Crippen LogP contribution in [0.15, 0.2) is 59.4 Å². The summed E-state index contributed by atoms with van der Waals surface area (Å²) in [5.74, 6) is 0. The van der Waals surface area contributed by atoms with Crippen molar-refractivity contribution in [3.05, 3.63) is 70.6 Å². The van der Waals surface area contributed by atoms with Crippen molar-refractivity contribution in [2.45, 2.75) is 13.1 Å². The number of aromatic nitrogens is 2. The quantitative estimate of drug-likeness (QED) is 0.696. The number of nitrogens with zero attached hydrogens (tertiary/aromatic N) is 1. The summed E-state index contributed by atoms with van der Waals surface area (Å²) in [6, 6.07) is 18.0. The van der Waals surface area contributed by atoms with Gasteiger partial charge >= 0.3 is 5.69 Å². The number of H-pyrrole nitrogens is 1. The second kappa shape index (κ2) is 5.75. The SMILES string of the molecule is O=c1[nH]c2ccccc2n1CCNCc1ccccc1. The van der Waals surface area contributed by atoms with Gasteiger partial charge in [0.2, 0.25) is 0 Å². The molecular formula is C16H17N3O. The zero-order valence-corrected chi connectivity index (χ0v) is 11.2. The monoisotopic (exact) mass is 267 g/mol. The molecule has 1 heterocycles. The Morgan fingerprint density at radius 1 is 1.00 bits per heavy atom. The number of aromatic amines is 1. The highest BCUT2D eigenvalue weighted by molar-refractivity contribution is 5.74. The van der Waals surface area contributed by atoms with Gasteiger partial charge in [-0.05, 0) is 17.7 Å². The van der Waals surface area contributed by atoms with E-state index >= 15 is 0 Å². The van der Waals surface area contributed by atoms with Gasteiger partial charge in [0.1, 0.15) is 0 Å². The lowest BCUT2D eigenvalue weighted by molar-refractivity contribution is 0.596. The molecule has 0 fully saturated rings. The summed E-state index contributed by atoms with van der Waals surface area (Å²) in [6.45, 7) is 2.24. The first kappa shape index (κ1) is 12.7. The summed E-state index contributed by atoms with van der Waals surface area (Å²) < 4.78 is 1.77. The minimum atomic E-state index is -0.0484. The molecule has 20 heavy (non-hydrogen) atoms. The number of hydrogen-bond acceptors (Lipinski definition) is 2. The summed E-state index contributed by atoms with van der Waals surface area (Å²) in [7, 11) is 0. The number of fused-ring (bicyclic) bond motifs is 1. The summed E-state index contributed by atoms with van der Waals surface area (Å²) in [6.07, 6.45) is 0. The maximum absolute atomic E-state index is 11.9. The molecule has 0 aliphatic carbocycles. The van der Waals surface area contributed by atoms with E-state index in [1.807, 2.05) is 42.5 Å². The van der Waals surface area contributed by atoms with Gasteiger partial charge in [-0.25, -0.2) is 4.79 Å². The van der Waals surface area contributed by atoms with Crippen molar-refractivity contribution >= 4 is 11.0 Å². The number of nitrogens with one attached hydrogen (secondary N) is 2. The Morgan fingerprint density at radius 2 is 1.75 bits per heavy atom. The standard InChI is InChI=1S/C16H17N3O/c20-16-18-14-8-4-5-9-15(14)19(16)11-10-17-12-13-6-2-1-3-7-13/h1-9,17H,10-12H2,(H,18,20). The minimum Gasteiger partial charge on any atom is -0.311 e. The van der Waals surface area contributed by atoms with Gasteiger partial charge in [0.25, 0.3) is 0 Å². The Kier molecular flexibility index (Phi) is 3.65. The normalized spacial score (nSPS) is 11.0. The molecule has 102 valence electrons. The highest BCUT2D eigenvalue weighted by atomic mass is 16.1. The zero-order chi connectivity index (χ0) is 13.8. The summed E-state index contributed by atoms with van der Waals surface area (Å²) in [5, 5.41) is 3.36. The number of para-hydroxylation sites is 2. The van der Waals surface area contributed by atoms with E-state index in [1.165, 1.54) is 5.56 Å². The number of rotatable bonds is 5. The zero-order valence-electron chi connectivity index (χ0n) is 11.2. The Balaban J connectivity index is 1.63. The molecule has 0 bridgehead atoms. The number of imidazole rings is 1. The van der Waals surface area contributed by atoms with E-state index in [0.717, 1.165) is 24.1 Å². The highest BCUT2D eigenvalue weighted by Gasteiger charge is 2.04. The molecule has 4 nitrogen and oxygen atoms in total. The molecule has 0 aliphatic rings. The first-order chi connectivity index (χ1) is 9.84. The molecule has 0 radical (unpaired) electrons. The Bertz CT molecular complexity index is 743. The number of benzene rings is 2. The molecule has 1 aromatic heterocycles. The molecule has 0 saturated heterocycles. The first-order valence-corrected chi connectivity index (χ1v) is 6.77. The summed E-state index contributed by atoms with van der Waals surface area (Å²) >= 11 is 0. The number of hydrogen-bond donors (Lipinski definition) is 2. The van der Waals surface area contributed by atoms with Crippen LogP contribution in [0, 0.1) is 0 Å². The summed E-state index contributed by atoms with van der Waals surface area (Å²) in [5.41, 5.74) is 3.05. The minimum absolute atomic E-state index is 0.0484. The average molecular weight is 267 g/mol. The van der Waals surface area contributed by atoms with Crippen molar-refractivity contribution < 1.29 is 0 Å². The predicted molar refractivity (Wildman–Crippen MR) is 80.7 cm³/mol. The van der Waals surface area contributed by atoms with E-state index < -0.39 is 0 Å². The second-order valence-corrected chi connectivity index (χ2v) is 4.76. The van der Waals surface area contributed by atoms with E-state index in [-0.39, 0.29) is 5.69 Å². The molecule has 2 N–H and O–H groups in total. The molecule has 2 aromatic carbocycles. The molecule has 4 heteroatoms. The third-order valence-corrected chi connectivity index (χ3v) is 3.37. The largest absolute Gasteiger partial charge is 0.326 e. The van der Waals surface area contributed by atoms with Crippen LogP contribution in [0.2, 0.25) is 0 Å². The van der Waals surface area contributed by atoms with Crippen LogP contribution in [-0.4, -0.2) is 16.1 Å². The molecule has 0 atom stereocenters. The molecule has 0 unspecified atom stereocenters. The third kappa shape index (κ3) is 2.65. The fraction of sp³-hybridized carbons (Fsp3) is 0.188. The van der Waals surface area contributed by atoms with Crippen molar-refractivity contribution in [2.24, 2.45) is 0 Å². The van der Waals surface area contributed by atoms with Crippen molar-refractivity contribution in [1.82, 2.24) is 14.9 Å². The van der Waals surface area contributed by atoms with Crippen LogP contribution in [0.3, 0.4) is 0 Å². The van der Waals surface area contributed by atoms with E-state index in [9.17, 15) is 4.79 Å². The van der Waals surface area contributed by atoms with Crippen LogP contribution in [-0.2, 0) is 13.1 Å². The van der Waals surface area contributed by atoms with Crippen LogP contribution in [0.4, 0.5) is 0 Å². The van der Waals surface area contributed by atoms with Crippen LogP contribution in [0.25, 0.3) is 11.0 Å². The van der Waals surface area contributed by atoms with Crippen molar-refractivity contribution in [3.8, 4) is 0 Å². The van der Waals surface area contributed by atoms with Crippen molar-refractivity contribution in [3.63, 3.8) is 0 Å². The van der Waals surface area contributed by atoms with Crippen LogP contribution >= 0.6 is 0 Å². The van der Waals surface area contributed by atoms with Crippen LogP contribution < -0.4 is 11.0 Å². The Labute approximate surface area is 117 Å². The molecule has 0 saturated carbocycles. The lowest BCUT2D eigenvalue weighted by atomic mass is 10.2. The van der Waals surface area contributed by atoms with Gasteiger partial charge in [0, 0.05) is 19.6 Å². The fourth-order valence-electron chi connectivity index (χ4n) is 2.35. The lowest BCUT2D eigenvalue weighted by Crippen LogP contribution is -2.25. The Hall–Kier alpha value is -2.33. The van der Waals surface area contributed by atoms with Gasteiger partial charge in [-0.3, -0.25) is 4.57 Å². The van der Waals surface area contributed by atoms with E-state index in [4.69, 9.17) is 0 Å².